The molecule has 0 amide bonds. The molecule has 8 aromatic carbocycles. The van der Waals surface area contributed by atoms with Gasteiger partial charge in [-0.25, -0.2) is 75.2 Å². The second kappa shape index (κ2) is 41.6. The summed E-state index contributed by atoms with van der Waals surface area (Å²) in [6, 6.07) is 45.1. The predicted octanol–water partition coefficient (Wildman–Crippen LogP) is 22.0. The summed E-state index contributed by atoms with van der Waals surface area (Å²) in [6.07, 6.45) is 6.33. The largest absolute Gasteiger partial charge is 0.477 e. The molecule has 118 heavy (non-hydrogen) atoms. The van der Waals surface area contributed by atoms with Crippen molar-refractivity contribution in [1.82, 2.24) is 47.8 Å². The maximum Gasteiger partial charge on any atom is 0.354 e. The van der Waals surface area contributed by atoms with Gasteiger partial charge in [-0.05, 0) is 163 Å². The van der Waals surface area contributed by atoms with Crippen molar-refractivity contribution >= 4 is 141 Å². The minimum Gasteiger partial charge on any atom is -0.477 e. The molecule has 0 saturated heterocycles. The number of aromatic carboxylic acids is 5. The van der Waals surface area contributed by atoms with E-state index in [9.17, 15) is 80.6 Å². The highest BCUT2D eigenvalue weighted by Crippen LogP contribution is 2.36. The highest BCUT2D eigenvalue weighted by Gasteiger charge is 2.27. The molecule has 612 valence electrons. The van der Waals surface area contributed by atoms with Gasteiger partial charge in [0.05, 0.1) is 36.7 Å². The van der Waals surface area contributed by atoms with Gasteiger partial charge in [0.15, 0.2) is 54.3 Å². The molecular formula is C82H68Cl4F6N10O11S5. The van der Waals surface area contributed by atoms with E-state index in [4.69, 9.17) is 46.4 Å². The van der Waals surface area contributed by atoms with Gasteiger partial charge in [-0.15, -0.1) is 0 Å². The molecule has 0 aliphatic rings. The van der Waals surface area contributed by atoms with Gasteiger partial charge < -0.3 is 25.5 Å². The topological polar surface area (TPSA) is 293 Å². The van der Waals surface area contributed by atoms with Crippen LogP contribution < -0.4 is 0 Å². The van der Waals surface area contributed by atoms with Crippen molar-refractivity contribution in [2.75, 3.05) is 11.5 Å². The second-order valence-corrected chi connectivity index (χ2v) is 33.3. The van der Waals surface area contributed by atoms with Gasteiger partial charge in [0.1, 0.15) is 40.7 Å². The number of carbonyl (C=O) groups is 6. The Morgan fingerprint density at radius 2 is 0.610 bits per heavy atom. The molecule has 36 heteroatoms. The van der Waals surface area contributed by atoms with Crippen LogP contribution in [0.2, 0.25) is 20.1 Å². The Morgan fingerprint density at radius 3 is 0.890 bits per heavy atom. The molecule has 5 N–H and O–H groups in total. The maximum atomic E-state index is 13.9. The number of ketones is 1. The molecule has 13 rings (SSSR count). The molecule has 0 spiro atoms. The third-order valence-corrected chi connectivity index (χ3v) is 22.9. The lowest BCUT2D eigenvalue weighted by Crippen LogP contribution is -2.22. The first-order valence-corrected chi connectivity index (χ1v) is 41.0. The van der Waals surface area contributed by atoms with Crippen LogP contribution in [0, 0.1) is 45.7 Å². The van der Waals surface area contributed by atoms with E-state index < -0.39 is 58.5 Å². The molecule has 0 saturated carbocycles. The van der Waals surface area contributed by atoms with E-state index in [1.54, 1.807) is 54.6 Å². The van der Waals surface area contributed by atoms with E-state index in [1.807, 2.05) is 39.0 Å². The van der Waals surface area contributed by atoms with Crippen molar-refractivity contribution in [2.24, 2.45) is 10.8 Å². The van der Waals surface area contributed by atoms with E-state index in [0.29, 0.717) is 86.2 Å². The van der Waals surface area contributed by atoms with Gasteiger partial charge in [0, 0.05) is 88.1 Å². The number of carbonyl (C=O) groups excluding carboxylic acids is 1. The summed E-state index contributed by atoms with van der Waals surface area (Å²) in [5.41, 5.74) is 3.80. The first kappa shape index (κ1) is 91.2. The van der Waals surface area contributed by atoms with E-state index in [-0.39, 0.29) is 73.6 Å². The molecule has 5 heterocycles. The van der Waals surface area contributed by atoms with Crippen LogP contribution >= 0.6 is 105 Å². The lowest BCUT2D eigenvalue weighted by molar-refractivity contribution is -0.123. The maximum absolute atomic E-state index is 13.9. The Bertz CT molecular complexity index is 5540. The summed E-state index contributed by atoms with van der Waals surface area (Å²) in [7, 11) is 0. The van der Waals surface area contributed by atoms with Crippen molar-refractivity contribution in [3.63, 3.8) is 0 Å². The molecule has 0 bridgehead atoms. The first-order valence-electron chi connectivity index (χ1n) is 34.6. The van der Waals surface area contributed by atoms with Crippen LogP contribution in [-0.2, 0) is 22.1 Å². The number of benzene rings is 8. The summed E-state index contributed by atoms with van der Waals surface area (Å²) in [4.78, 5) is 89.8. The Kier molecular flexibility index (Phi) is 32.2. The number of aromatic nitrogens is 10. The third kappa shape index (κ3) is 24.7. The summed E-state index contributed by atoms with van der Waals surface area (Å²) in [5.74, 6) is -6.11. The molecule has 0 unspecified atom stereocenters. The SMILES string of the molecule is CC(C)(C)C(=O)CSc1ncc(C(=O)O)n1-c1ccc(F)cc1.CC(C)(C)CSc1ncc(C(=O)O)n1-c1ccc(F)cc1.O=C(O)c1cnc(SCc2c(F)cccc2Cl)n1-c1ccc(Cl)cc1.O=C(O)c1cnc(SCc2c(F)cccc2Cl)n1-c1ccc(F)cc1.O=C(O)c1cnc(SCc2ccccc2Cl)n1-c1ccc(F)cc1. The number of carboxylic acid groups (broad SMARTS) is 5. The third-order valence-electron chi connectivity index (χ3n) is 16.1. The number of Topliss-reactive ketones (excluding diaryl/α,β-unsaturated/α-hetero) is 1. The lowest BCUT2D eigenvalue weighted by Gasteiger charge is -2.17. The minimum atomic E-state index is -1.17. The second-order valence-electron chi connectivity index (χ2n) is 26.9. The minimum absolute atomic E-state index is 0.00412. The van der Waals surface area contributed by atoms with Crippen LogP contribution in [0.5, 0.6) is 0 Å². The normalized spacial score (nSPS) is 11.1. The zero-order chi connectivity index (χ0) is 85.9. The quantitative estimate of drug-likeness (QED) is 0.0277. The zero-order valence-electron chi connectivity index (χ0n) is 62.7. The number of hydrogen-bond donors (Lipinski definition) is 5. The van der Waals surface area contributed by atoms with E-state index in [2.05, 4.69) is 45.7 Å². The molecule has 0 atom stereocenters. The van der Waals surface area contributed by atoms with Crippen molar-refractivity contribution in [2.45, 2.75) is 84.6 Å². The molecule has 0 aliphatic heterocycles. The van der Waals surface area contributed by atoms with E-state index in [0.717, 1.165) is 34.8 Å². The fourth-order valence-corrected chi connectivity index (χ4v) is 16.4. The van der Waals surface area contributed by atoms with Crippen LogP contribution in [0.4, 0.5) is 26.3 Å². The number of thioether (sulfide) groups is 5. The van der Waals surface area contributed by atoms with Crippen molar-refractivity contribution in [3.8, 4) is 28.4 Å². The monoisotopic (exact) mass is 1780 g/mol. The molecule has 13 aromatic rings. The van der Waals surface area contributed by atoms with E-state index in [1.165, 1.54) is 198 Å². The number of hydrogen-bond acceptors (Lipinski definition) is 16. The molecule has 0 fully saturated rings. The summed E-state index contributed by atoms with van der Waals surface area (Å²) < 4.78 is 87.5. The first-order chi connectivity index (χ1) is 56.0. The number of rotatable bonds is 24. The van der Waals surface area contributed by atoms with Gasteiger partial charge in [0.25, 0.3) is 0 Å². The Morgan fingerprint density at radius 1 is 0.339 bits per heavy atom. The number of nitrogens with zero attached hydrogens (tertiary/aromatic N) is 10. The fourth-order valence-electron chi connectivity index (χ4n) is 10.1. The molecular weight excluding hydrogens is 1720 g/mol. The highest BCUT2D eigenvalue weighted by molar-refractivity contribution is 8.00. The van der Waals surface area contributed by atoms with Crippen molar-refractivity contribution < 1.29 is 80.6 Å². The van der Waals surface area contributed by atoms with Gasteiger partial charge in [-0.2, -0.15) is 0 Å². The lowest BCUT2D eigenvalue weighted by atomic mass is 9.92. The van der Waals surface area contributed by atoms with Gasteiger partial charge in [-0.1, -0.05) is 177 Å². The smallest absolute Gasteiger partial charge is 0.354 e. The molecule has 0 aliphatic carbocycles. The summed E-state index contributed by atoms with van der Waals surface area (Å²) in [5, 5.41) is 50.7. The molecule has 21 nitrogen and oxygen atoms in total. The Hall–Kier alpha value is -10.7. The average molecular weight is 1790 g/mol. The van der Waals surface area contributed by atoms with Gasteiger partial charge in [-0.3, -0.25) is 27.6 Å². The standard InChI is InChI=1S/C17H11Cl2FN2O2S.C17H11ClF2N2O2S.C17H12ClFN2O2S.C16H17FN2O3S.C15H17FN2O2S/c18-10-4-6-11(7-5-10)22-15(16(23)24)8-21-17(22)25-9-12-13(19)2-1-3-14(12)20;18-13-2-1-3-14(20)12(13)9-25-17-21-8-15(16(23)24)22(17)11-6-4-10(19)5-7-11;18-14-4-2-1-3-11(14)10-24-17-20-9-15(16(22)23)21(17)13-7-5-12(19)6-8-13;1-16(2,3)13(20)9-23-15-18-8-12(14(21)22)19(15)11-6-4-10(17)5-7-11;1-15(2,3)9-21-14-17-8-12(13(19)20)18(14)11-6-4-10(16)5-7-11/h2*1-8H,9H2,(H,23,24);1-9H,10H2,(H,22,23);4-8H,9H2,1-3H3,(H,21,22);4-8H,9H2,1-3H3,(H,19,20). The van der Waals surface area contributed by atoms with Crippen LogP contribution in [0.15, 0.2) is 239 Å². The van der Waals surface area contributed by atoms with Crippen LogP contribution in [0.25, 0.3) is 28.4 Å². The van der Waals surface area contributed by atoms with Gasteiger partial charge in [0.2, 0.25) is 0 Å². The van der Waals surface area contributed by atoms with Crippen LogP contribution in [0.1, 0.15) is 111 Å². The van der Waals surface area contributed by atoms with Gasteiger partial charge >= 0.3 is 29.8 Å². The Labute approximate surface area is 712 Å². The van der Waals surface area contributed by atoms with Crippen LogP contribution in [-0.4, -0.2) is 120 Å². The summed E-state index contributed by atoms with van der Waals surface area (Å²) in [6.45, 7) is 11.8. The number of halogens is 10. The number of carboxylic acids is 5. The highest BCUT2D eigenvalue weighted by atomic mass is 35.5. The summed E-state index contributed by atoms with van der Waals surface area (Å²) >= 11 is 30.4. The fraction of sp³-hybridized carbons (Fsp3) is 0.159. The number of imidazole rings is 5. The van der Waals surface area contributed by atoms with E-state index >= 15 is 0 Å². The molecule has 5 aromatic heterocycles. The average Bonchev–Trinajstić information content (AvgIpc) is 1.68. The predicted molar refractivity (Wildman–Crippen MR) is 446 cm³/mol. The zero-order valence-corrected chi connectivity index (χ0v) is 69.8. The van der Waals surface area contributed by atoms with Crippen molar-refractivity contribution in [3.05, 3.63) is 313 Å². The Balaban J connectivity index is 0.000000168. The molecule has 0 radical (unpaired) electrons. The van der Waals surface area contributed by atoms with Crippen molar-refractivity contribution in [1.29, 1.82) is 0 Å². The van der Waals surface area contributed by atoms with Crippen LogP contribution in [0.3, 0.4) is 0 Å².